The summed E-state index contributed by atoms with van der Waals surface area (Å²) >= 11 is 0. The molecule has 2 aromatic carbocycles. The van der Waals surface area contributed by atoms with Gasteiger partial charge in [-0.15, -0.1) is 0 Å². The first-order chi connectivity index (χ1) is 40.6. The van der Waals surface area contributed by atoms with E-state index >= 15 is 0 Å². The lowest BCUT2D eigenvalue weighted by Gasteiger charge is -2.37. The minimum atomic E-state index is -2.38. The van der Waals surface area contributed by atoms with Gasteiger partial charge in [-0.3, -0.25) is 20.2 Å². The van der Waals surface area contributed by atoms with Crippen molar-refractivity contribution in [1.82, 2.24) is 0 Å². The summed E-state index contributed by atoms with van der Waals surface area (Å²) in [7, 11) is -14.1. The fourth-order valence-electron chi connectivity index (χ4n) is 6.06. The van der Waals surface area contributed by atoms with Crippen LogP contribution in [0.5, 0.6) is 0 Å². The fraction of sp³-hybridized carbons (Fsp3) is 0.583. The van der Waals surface area contributed by atoms with Gasteiger partial charge in [0, 0.05) is 68.8 Å². The van der Waals surface area contributed by atoms with Gasteiger partial charge in [-0.05, 0) is 157 Å². The van der Waals surface area contributed by atoms with Crippen LogP contribution in [0.25, 0.3) is 0 Å². The molecule has 0 aromatic heterocycles. The lowest BCUT2D eigenvalue weighted by molar-refractivity contribution is -0.385. The quantitative estimate of drug-likeness (QED) is 0.0544. The van der Waals surface area contributed by atoms with E-state index in [0.29, 0.717) is 44.6 Å². The van der Waals surface area contributed by atoms with Crippen molar-refractivity contribution < 1.29 is 36.4 Å². The standard InChI is InChI=1S/C72H110N2O10Si6/c1-67(2,3)85(19,20)79-51-59(35-31-33-37-61(53-81-87(23,24)69(7,8)9)63(55-83-89(27,28)71(13,14)15)45-39-57-41-47-65(48-42-57)73(75)76)60(52-80-86(21,22)68(4,5)6)36-32-34-38-62(54-82-88(25,26)70(10,11)12)64(56-84-90(29,30)72(16,17)18)46-40-58-43-49-66(50-44-58)74(77)78/h41-44,47-50H,51-56H2,1-30H3/b60-59+,63-61+,64-62+. The summed E-state index contributed by atoms with van der Waals surface area (Å²) in [6.07, 6.45) is 0. The highest BCUT2D eigenvalue weighted by atomic mass is 28.4. The molecule has 0 spiro atoms. The molecule has 0 radical (unpaired) electrons. The van der Waals surface area contributed by atoms with Crippen molar-refractivity contribution in [3.63, 3.8) is 0 Å². The first-order valence-electron chi connectivity index (χ1n) is 31.1. The molecule has 0 fully saturated rings. The van der Waals surface area contributed by atoms with Crippen LogP contribution in [0.1, 0.15) is 136 Å². The number of non-ortho nitro benzene ring substituents is 2. The molecule has 12 nitrogen and oxygen atoms in total. The first kappa shape index (κ1) is 81.0. The lowest BCUT2D eigenvalue weighted by atomic mass is 10.1. The molecule has 0 unspecified atom stereocenters. The number of benzene rings is 2. The van der Waals surface area contributed by atoms with Crippen LogP contribution in [-0.2, 0) is 26.6 Å². The highest BCUT2D eigenvalue weighted by molar-refractivity contribution is 6.76. The Morgan fingerprint density at radius 3 is 0.611 bits per heavy atom. The fourth-order valence-corrected chi connectivity index (χ4v) is 11.7. The van der Waals surface area contributed by atoms with Gasteiger partial charge in [0.05, 0.1) is 49.5 Å². The maximum atomic E-state index is 11.6. The molecule has 18 heteroatoms. The predicted octanol–water partition coefficient (Wildman–Crippen LogP) is 18.9. The van der Waals surface area contributed by atoms with Gasteiger partial charge < -0.3 is 26.6 Å². The number of nitro groups is 2. The zero-order valence-corrected chi connectivity index (χ0v) is 66.8. The molecule has 0 aliphatic heterocycles. The van der Waals surface area contributed by atoms with Gasteiger partial charge in [0.15, 0.2) is 49.9 Å². The van der Waals surface area contributed by atoms with E-state index in [9.17, 15) is 20.2 Å². The average Bonchev–Trinajstić information content (AvgIpc) is 1.31. The Labute approximate surface area is 551 Å². The van der Waals surface area contributed by atoms with Crippen LogP contribution in [0, 0.1) is 91.3 Å². The second-order valence-corrected chi connectivity index (χ2v) is 61.1. The average molecular weight is 1330 g/mol. The molecule has 0 atom stereocenters. The van der Waals surface area contributed by atoms with Crippen molar-refractivity contribution in [2.45, 2.75) is 233 Å². The van der Waals surface area contributed by atoms with Gasteiger partial charge in [0.25, 0.3) is 11.4 Å². The Morgan fingerprint density at radius 2 is 0.467 bits per heavy atom. The molecule has 0 amide bonds. The van der Waals surface area contributed by atoms with E-state index in [4.69, 9.17) is 26.6 Å². The Bertz CT molecular complexity index is 3140. The second-order valence-electron chi connectivity index (χ2n) is 32.3. The Kier molecular flexibility index (Phi) is 28.5. The van der Waals surface area contributed by atoms with E-state index in [2.05, 4.69) is 274 Å². The summed E-state index contributed by atoms with van der Waals surface area (Å²) in [5, 5.41) is 22.5. The minimum absolute atomic E-state index is 0.0195. The molecule has 0 bridgehead atoms. The highest BCUT2D eigenvalue weighted by Gasteiger charge is 2.42. The topological polar surface area (TPSA) is 142 Å². The summed E-state index contributed by atoms with van der Waals surface area (Å²) in [6, 6.07) is 12.4. The smallest absolute Gasteiger partial charge is 0.269 e. The number of nitro benzene ring substituents is 2. The van der Waals surface area contributed by atoms with Crippen molar-refractivity contribution in [2.75, 3.05) is 39.6 Å². The van der Waals surface area contributed by atoms with Gasteiger partial charge in [-0.25, -0.2) is 0 Å². The van der Waals surface area contributed by atoms with Gasteiger partial charge in [0.1, 0.15) is 0 Å². The molecule has 0 saturated carbocycles. The van der Waals surface area contributed by atoms with Gasteiger partial charge >= 0.3 is 0 Å². The molecule has 0 N–H and O–H groups in total. The van der Waals surface area contributed by atoms with E-state index in [0.717, 1.165) is 0 Å². The molecule has 2 rings (SSSR count). The minimum Gasteiger partial charge on any atom is -0.412 e. The Hall–Kier alpha value is -5.12. The first-order valence-corrected chi connectivity index (χ1v) is 48.6. The van der Waals surface area contributed by atoms with Crippen LogP contribution in [0.4, 0.5) is 11.4 Å². The molecule has 0 aliphatic carbocycles. The van der Waals surface area contributed by atoms with Crippen LogP contribution in [0.15, 0.2) is 82.0 Å². The Morgan fingerprint density at radius 1 is 0.311 bits per heavy atom. The third-order valence-electron chi connectivity index (χ3n) is 19.2. The van der Waals surface area contributed by atoms with Crippen LogP contribution >= 0.6 is 0 Å². The zero-order chi connectivity index (χ0) is 69.6. The van der Waals surface area contributed by atoms with E-state index in [1.54, 1.807) is 24.3 Å². The maximum absolute atomic E-state index is 11.6. The largest absolute Gasteiger partial charge is 0.412 e. The van der Waals surface area contributed by atoms with Crippen LogP contribution in [0.3, 0.4) is 0 Å². The normalized spacial score (nSPS) is 13.9. The summed E-state index contributed by atoms with van der Waals surface area (Å²) < 4.78 is 41.5. The van der Waals surface area contributed by atoms with E-state index in [1.165, 1.54) is 24.3 Å². The molecule has 0 saturated heterocycles. The Balaban J connectivity index is 3.38. The second kappa shape index (κ2) is 31.7. The van der Waals surface area contributed by atoms with E-state index < -0.39 is 59.8 Å². The van der Waals surface area contributed by atoms with Crippen molar-refractivity contribution in [3.8, 4) is 71.0 Å². The summed E-state index contributed by atoms with van der Waals surface area (Å²) in [5.74, 6) is 39.8. The van der Waals surface area contributed by atoms with Gasteiger partial charge in [0.2, 0.25) is 0 Å². The highest BCUT2D eigenvalue weighted by Crippen LogP contribution is 2.42. The lowest BCUT2D eigenvalue weighted by Crippen LogP contribution is -2.42. The molecule has 0 aliphatic rings. The summed E-state index contributed by atoms with van der Waals surface area (Å²) in [5.41, 5.74) is 4.98. The van der Waals surface area contributed by atoms with Gasteiger partial charge in [-0.1, -0.05) is 172 Å². The van der Waals surface area contributed by atoms with Crippen molar-refractivity contribution in [3.05, 3.63) is 113 Å². The molecule has 2 aromatic rings. The number of hydrogen-bond donors (Lipinski definition) is 0. The number of nitrogens with zero attached hydrogens (tertiary/aromatic N) is 2. The SMILES string of the molecule is CC(C)(C)[Si](C)(C)OC/C(C#CC#C/C(CO[Si](C)(C)C(C)(C)C)=C(/C#Cc1ccc([N+](=O)[O-])cc1)CO[Si](C)(C)C(C)(C)C)=C(\C#CC#C/C(CO[Si](C)(C)C(C)(C)C)=C(/C#Cc1ccc([N+](=O)[O-])cc1)CO[Si](C)(C)C(C)(C)C)CO[Si](C)(C)C(C)(C)C. The number of hydrogen-bond acceptors (Lipinski definition) is 10. The third kappa shape index (κ3) is 25.1. The maximum Gasteiger partial charge on any atom is 0.269 e. The zero-order valence-electron chi connectivity index (χ0n) is 60.8. The molecule has 0 heterocycles. The van der Waals surface area contributed by atoms with Crippen LogP contribution < -0.4 is 0 Å². The van der Waals surface area contributed by atoms with Crippen LogP contribution in [0.2, 0.25) is 109 Å². The van der Waals surface area contributed by atoms with Gasteiger partial charge in [-0.2, -0.15) is 0 Å². The van der Waals surface area contributed by atoms with Crippen molar-refractivity contribution in [2.24, 2.45) is 0 Å². The summed E-state index contributed by atoms with van der Waals surface area (Å²) in [6.45, 7) is 67.0. The third-order valence-corrected chi connectivity index (χ3v) is 46.1. The molecular formula is C72H110N2O10Si6. The predicted molar refractivity (Wildman–Crippen MR) is 391 cm³/mol. The van der Waals surface area contributed by atoms with Crippen molar-refractivity contribution >= 4 is 61.3 Å². The van der Waals surface area contributed by atoms with E-state index in [-0.39, 0.29) is 81.2 Å². The number of rotatable bonds is 20. The molecular weight excluding hydrogens is 1220 g/mol. The van der Waals surface area contributed by atoms with E-state index in [1.807, 2.05) is 0 Å². The van der Waals surface area contributed by atoms with Crippen LogP contribution in [-0.4, -0.2) is 99.4 Å². The molecule has 492 valence electrons. The molecule has 90 heavy (non-hydrogen) atoms. The monoisotopic (exact) mass is 1330 g/mol. The van der Waals surface area contributed by atoms with Crippen molar-refractivity contribution in [1.29, 1.82) is 0 Å². The summed E-state index contributed by atoms with van der Waals surface area (Å²) in [4.78, 5) is 22.3.